The van der Waals surface area contributed by atoms with Gasteiger partial charge in [0.1, 0.15) is 12.4 Å². The fourth-order valence-electron chi connectivity index (χ4n) is 2.25. The van der Waals surface area contributed by atoms with E-state index in [2.05, 4.69) is 70.2 Å². The Kier molecular flexibility index (Phi) is 4.84. The second kappa shape index (κ2) is 6.60. The van der Waals surface area contributed by atoms with Gasteiger partial charge in [-0.2, -0.15) is 0 Å². The lowest BCUT2D eigenvalue weighted by Crippen LogP contribution is -2.00. The highest BCUT2D eigenvalue weighted by molar-refractivity contribution is 5.36. The van der Waals surface area contributed by atoms with Crippen LogP contribution in [0.5, 0.6) is 5.75 Å². The maximum absolute atomic E-state index is 5.98. The lowest BCUT2D eigenvalue weighted by molar-refractivity contribution is 0.302. The molecule has 0 aliphatic carbocycles. The number of hydrogen-bond acceptors (Lipinski definition) is 1. The first kappa shape index (κ1) is 14.6. The predicted molar refractivity (Wildman–Crippen MR) is 85.4 cm³/mol. The van der Waals surface area contributed by atoms with Crippen molar-refractivity contribution in [2.45, 2.75) is 46.1 Å². The van der Waals surface area contributed by atoms with Gasteiger partial charge in [0, 0.05) is 0 Å². The summed E-state index contributed by atoms with van der Waals surface area (Å²) in [6, 6.07) is 17.0. The molecule has 0 aliphatic rings. The molecule has 0 aromatic heterocycles. The topological polar surface area (TPSA) is 9.23 Å². The first-order valence-electron chi connectivity index (χ1n) is 7.38. The first-order valence-corrected chi connectivity index (χ1v) is 7.38. The van der Waals surface area contributed by atoms with E-state index >= 15 is 0 Å². The van der Waals surface area contributed by atoms with E-state index in [9.17, 15) is 0 Å². The minimum atomic E-state index is 0.481. The van der Waals surface area contributed by atoms with Crippen LogP contribution in [0.2, 0.25) is 0 Å². The predicted octanol–water partition coefficient (Wildman–Crippen LogP) is 5.51. The van der Waals surface area contributed by atoms with Crippen LogP contribution >= 0.6 is 0 Å². The summed E-state index contributed by atoms with van der Waals surface area (Å²) in [6.07, 6.45) is 0. The maximum Gasteiger partial charge on any atom is 0.123 e. The van der Waals surface area contributed by atoms with Crippen molar-refractivity contribution in [1.29, 1.82) is 0 Å². The van der Waals surface area contributed by atoms with E-state index in [0.717, 1.165) is 5.75 Å². The Bertz CT molecular complexity index is 538. The van der Waals surface area contributed by atoms with Gasteiger partial charge in [0.15, 0.2) is 0 Å². The molecule has 0 radical (unpaired) electrons. The maximum atomic E-state index is 5.98. The van der Waals surface area contributed by atoms with E-state index < -0.39 is 0 Å². The lowest BCUT2D eigenvalue weighted by Gasteiger charge is -2.14. The van der Waals surface area contributed by atoms with Crippen LogP contribution in [0.3, 0.4) is 0 Å². The van der Waals surface area contributed by atoms with Crippen molar-refractivity contribution in [2.75, 3.05) is 0 Å². The fourth-order valence-corrected chi connectivity index (χ4v) is 2.25. The van der Waals surface area contributed by atoms with E-state index in [1.165, 1.54) is 16.7 Å². The third kappa shape index (κ3) is 3.63. The molecule has 0 aliphatic heterocycles. The van der Waals surface area contributed by atoms with E-state index in [1.807, 2.05) is 6.07 Å². The average Bonchev–Trinajstić information content (AvgIpc) is 2.45. The SMILES string of the molecule is CC(C)c1ccc(COc2ccccc2C(C)C)cc1. The molecular weight excluding hydrogens is 244 g/mol. The molecule has 1 heteroatoms. The number of rotatable bonds is 5. The Labute approximate surface area is 122 Å². The lowest BCUT2D eigenvalue weighted by atomic mass is 10.0. The summed E-state index contributed by atoms with van der Waals surface area (Å²) in [5, 5.41) is 0. The van der Waals surface area contributed by atoms with Gasteiger partial charge in [-0.1, -0.05) is 70.2 Å². The monoisotopic (exact) mass is 268 g/mol. The van der Waals surface area contributed by atoms with Crippen molar-refractivity contribution in [1.82, 2.24) is 0 Å². The summed E-state index contributed by atoms with van der Waals surface area (Å²) in [6.45, 7) is 9.44. The summed E-state index contributed by atoms with van der Waals surface area (Å²) >= 11 is 0. The second-order valence-electron chi connectivity index (χ2n) is 5.88. The van der Waals surface area contributed by atoms with Gasteiger partial charge in [-0.3, -0.25) is 0 Å². The van der Waals surface area contributed by atoms with E-state index in [4.69, 9.17) is 4.74 Å². The molecule has 0 saturated heterocycles. The van der Waals surface area contributed by atoms with Gasteiger partial charge in [-0.05, 0) is 34.6 Å². The van der Waals surface area contributed by atoms with Crippen molar-refractivity contribution < 1.29 is 4.74 Å². The Hall–Kier alpha value is -1.76. The highest BCUT2D eigenvalue weighted by atomic mass is 16.5. The van der Waals surface area contributed by atoms with Gasteiger partial charge in [-0.15, -0.1) is 0 Å². The first-order chi connectivity index (χ1) is 9.58. The van der Waals surface area contributed by atoms with Crippen LogP contribution in [-0.4, -0.2) is 0 Å². The zero-order valence-electron chi connectivity index (χ0n) is 12.9. The molecule has 2 aromatic rings. The molecule has 0 atom stereocenters. The van der Waals surface area contributed by atoms with Crippen LogP contribution in [-0.2, 0) is 6.61 Å². The molecule has 0 heterocycles. The number of ether oxygens (including phenoxy) is 1. The van der Waals surface area contributed by atoms with Gasteiger partial charge >= 0.3 is 0 Å². The molecule has 0 saturated carbocycles. The van der Waals surface area contributed by atoms with Crippen LogP contribution in [0.4, 0.5) is 0 Å². The Balaban J connectivity index is 2.05. The second-order valence-corrected chi connectivity index (χ2v) is 5.88. The minimum absolute atomic E-state index is 0.481. The number of para-hydroxylation sites is 1. The van der Waals surface area contributed by atoms with Crippen molar-refractivity contribution in [3.63, 3.8) is 0 Å². The van der Waals surface area contributed by atoms with Gasteiger partial charge in [0.05, 0.1) is 0 Å². The summed E-state index contributed by atoms with van der Waals surface area (Å²) in [5.74, 6) is 2.05. The number of hydrogen-bond donors (Lipinski definition) is 0. The molecule has 1 nitrogen and oxygen atoms in total. The Morgan fingerprint density at radius 3 is 2.05 bits per heavy atom. The minimum Gasteiger partial charge on any atom is -0.489 e. The fraction of sp³-hybridized carbons (Fsp3) is 0.368. The summed E-state index contributed by atoms with van der Waals surface area (Å²) in [4.78, 5) is 0. The molecule has 0 N–H and O–H groups in total. The zero-order chi connectivity index (χ0) is 14.5. The van der Waals surface area contributed by atoms with Gasteiger partial charge in [0.25, 0.3) is 0 Å². The summed E-state index contributed by atoms with van der Waals surface area (Å²) in [7, 11) is 0. The summed E-state index contributed by atoms with van der Waals surface area (Å²) < 4.78 is 5.98. The highest BCUT2D eigenvalue weighted by Crippen LogP contribution is 2.26. The van der Waals surface area contributed by atoms with Crippen LogP contribution < -0.4 is 4.74 Å². The molecule has 106 valence electrons. The van der Waals surface area contributed by atoms with Gasteiger partial charge < -0.3 is 4.74 Å². The normalized spacial score (nSPS) is 11.1. The van der Waals surface area contributed by atoms with Crippen molar-refractivity contribution in [3.05, 3.63) is 65.2 Å². The zero-order valence-corrected chi connectivity index (χ0v) is 12.9. The number of benzene rings is 2. The Morgan fingerprint density at radius 1 is 0.800 bits per heavy atom. The average molecular weight is 268 g/mol. The standard InChI is InChI=1S/C19H24O/c1-14(2)17-11-9-16(10-12-17)13-20-19-8-6-5-7-18(19)15(3)4/h5-12,14-15H,13H2,1-4H3. The smallest absolute Gasteiger partial charge is 0.123 e. The van der Waals surface area contributed by atoms with E-state index in [1.54, 1.807) is 0 Å². The van der Waals surface area contributed by atoms with Crippen LogP contribution in [0.25, 0.3) is 0 Å². The van der Waals surface area contributed by atoms with Crippen molar-refractivity contribution in [2.24, 2.45) is 0 Å². The largest absolute Gasteiger partial charge is 0.489 e. The molecule has 2 aromatic carbocycles. The Morgan fingerprint density at radius 2 is 1.45 bits per heavy atom. The van der Waals surface area contributed by atoms with Crippen LogP contribution in [0, 0.1) is 0 Å². The molecule has 0 amide bonds. The van der Waals surface area contributed by atoms with Crippen molar-refractivity contribution in [3.8, 4) is 5.75 Å². The van der Waals surface area contributed by atoms with E-state index in [-0.39, 0.29) is 0 Å². The van der Waals surface area contributed by atoms with Gasteiger partial charge in [0.2, 0.25) is 0 Å². The molecule has 0 fully saturated rings. The van der Waals surface area contributed by atoms with E-state index in [0.29, 0.717) is 18.4 Å². The van der Waals surface area contributed by atoms with Crippen molar-refractivity contribution >= 4 is 0 Å². The van der Waals surface area contributed by atoms with Gasteiger partial charge in [-0.25, -0.2) is 0 Å². The van der Waals surface area contributed by atoms with Crippen LogP contribution in [0.1, 0.15) is 56.2 Å². The third-order valence-electron chi connectivity index (χ3n) is 3.58. The molecule has 0 unspecified atom stereocenters. The molecule has 0 bridgehead atoms. The molecule has 0 spiro atoms. The molecular formula is C19H24O. The van der Waals surface area contributed by atoms with Crippen LogP contribution in [0.15, 0.2) is 48.5 Å². The molecule has 20 heavy (non-hydrogen) atoms. The quantitative estimate of drug-likeness (QED) is 0.694. The highest BCUT2D eigenvalue weighted by Gasteiger charge is 2.07. The molecule has 2 rings (SSSR count). The summed E-state index contributed by atoms with van der Waals surface area (Å²) in [5.41, 5.74) is 3.86. The third-order valence-corrected chi connectivity index (χ3v) is 3.58.